The van der Waals surface area contributed by atoms with Gasteiger partial charge in [0.2, 0.25) is 0 Å². The lowest BCUT2D eigenvalue weighted by atomic mass is 10.2. The Morgan fingerprint density at radius 1 is 0.941 bits per heavy atom. The van der Waals surface area contributed by atoms with E-state index < -0.39 is 11.8 Å². The summed E-state index contributed by atoms with van der Waals surface area (Å²) in [5.74, 6) is -0.0102. The first-order valence-corrected chi connectivity index (χ1v) is 10.8. The summed E-state index contributed by atoms with van der Waals surface area (Å²) in [5, 5.41) is 6.99. The molecular weight excluding hydrogens is 458 g/mol. The second-order valence-corrected chi connectivity index (χ2v) is 7.37. The Hall–Kier alpha value is -4.04. The van der Waals surface area contributed by atoms with Crippen molar-refractivity contribution in [1.29, 1.82) is 0 Å². The number of carbonyl (C=O) groups is 2. The van der Waals surface area contributed by atoms with Crippen molar-refractivity contribution in [3.05, 3.63) is 82.9 Å². The molecular formula is C25H24ClN3O5. The lowest BCUT2D eigenvalue weighted by molar-refractivity contribution is -0.136. The van der Waals surface area contributed by atoms with Gasteiger partial charge in [-0.3, -0.25) is 9.59 Å². The van der Waals surface area contributed by atoms with Gasteiger partial charge in [-0.05, 0) is 72.6 Å². The predicted octanol–water partition coefficient (Wildman–Crippen LogP) is 4.42. The Morgan fingerprint density at radius 3 is 2.35 bits per heavy atom. The molecule has 8 nitrogen and oxygen atoms in total. The number of anilines is 1. The van der Waals surface area contributed by atoms with E-state index in [1.807, 2.05) is 19.1 Å². The third kappa shape index (κ3) is 7.25. The minimum Gasteiger partial charge on any atom is -0.497 e. The molecule has 0 aliphatic carbocycles. The average molecular weight is 482 g/mol. The van der Waals surface area contributed by atoms with Gasteiger partial charge in [-0.2, -0.15) is 5.10 Å². The van der Waals surface area contributed by atoms with E-state index in [1.165, 1.54) is 6.21 Å². The number of hydrogen-bond acceptors (Lipinski definition) is 6. The van der Waals surface area contributed by atoms with Crippen LogP contribution >= 0.6 is 11.6 Å². The standard InChI is InChI=1S/C25H24ClN3O5/c1-3-33-23-14-18(6-13-22(23)34-16-17-4-7-19(26)8-5-17)15-27-29-25(31)24(30)28-20-9-11-21(32-2)12-10-20/h4-15H,3,16H2,1-2H3,(H,28,30)(H,29,31)/b27-15-. The van der Waals surface area contributed by atoms with Gasteiger partial charge in [-0.25, -0.2) is 5.43 Å². The number of ether oxygens (including phenoxy) is 3. The number of benzene rings is 3. The number of methoxy groups -OCH3 is 1. The van der Waals surface area contributed by atoms with Crippen LogP contribution in [0.25, 0.3) is 0 Å². The molecule has 3 aromatic carbocycles. The van der Waals surface area contributed by atoms with Crippen molar-refractivity contribution in [2.24, 2.45) is 5.10 Å². The summed E-state index contributed by atoms with van der Waals surface area (Å²) in [6.45, 7) is 2.66. The van der Waals surface area contributed by atoms with Crippen LogP contribution in [0.1, 0.15) is 18.1 Å². The molecule has 0 saturated heterocycles. The normalized spacial score (nSPS) is 10.6. The fourth-order valence-corrected chi connectivity index (χ4v) is 2.94. The van der Waals surface area contributed by atoms with Crippen molar-refractivity contribution in [2.45, 2.75) is 13.5 Å². The van der Waals surface area contributed by atoms with Crippen molar-refractivity contribution >= 4 is 35.3 Å². The Morgan fingerprint density at radius 2 is 1.68 bits per heavy atom. The molecule has 0 atom stereocenters. The Kier molecular flexibility index (Phi) is 8.88. The second kappa shape index (κ2) is 12.3. The van der Waals surface area contributed by atoms with E-state index in [9.17, 15) is 9.59 Å². The quantitative estimate of drug-likeness (QED) is 0.268. The first kappa shape index (κ1) is 24.6. The van der Waals surface area contributed by atoms with Crippen molar-refractivity contribution in [1.82, 2.24) is 5.43 Å². The summed E-state index contributed by atoms with van der Waals surface area (Å²) < 4.78 is 16.6. The van der Waals surface area contributed by atoms with Crippen LogP contribution in [-0.2, 0) is 16.2 Å². The number of hydrogen-bond donors (Lipinski definition) is 2. The van der Waals surface area contributed by atoms with Crippen LogP contribution in [0, 0.1) is 0 Å². The first-order valence-electron chi connectivity index (χ1n) is 10.4. The van der Waals surface area contributed by atoms with Crippen molar-refractivity contribution < 1.29 is 23.8 Å². The Bertz CT molecular complexity index is 1150. The van der Waals surface area contributed by atoms with Gasteiger partial charge in [0.15, 0.2) is 11.5 Å². The lowest BCUT2D eigenvalue weighted by Gasteiger charge is -2.12. The van der Waals surface area contributed by atoms with Crippen LogP contribution < -0.4 is 25.0 Å². The average Bonchev–Trinajstić information content (AvgIpc) is 2.85. The molecule has 0 spiro atoms. The summed E-state index contributed by atoms with van der Waals surface area (Å²) in [6.07, 6.45) is 1.41. The summed E-state index contributed by atoms with van der Waals surface area (Å²) in [6, 6.07) is 19.2. The van der Waals surface area contributed by atoms with Crippen molar-refractivity contribution in [3.63, 3.8) is 0 Å². The maximum Gasteiger partial charge on any atom is 0.329 e. The van der Waals surface area contributed by atoms with E-state index in [4.69, 9.17) is 25.8 Å². The van der Waals surface area contributed by atoms with Crippen LogP contribution in [0.5, 0.6) is 17.2 Å². The summed E-state index contributed by atoms with van der Waals surface area (Å²) in [7, 11) is 1.54. The fraction of sp³-hybridized carbons (Fsp3) is 0.160. The molecule has 0 aromatic heterocycles. The minimum absolute atomic E-state index is 0.351. The monoisotopic (exact) mass is 481 g/mol. The van der Waals surface area contributed by atoms with Gasteiger partial charge in [-0.15, -0.1) is 0 Å². The molecule has 0 saturated carbocycles. The molecule has 2 amide bonds. The highest BCUT2D eigenvalue weighted by Gasteiger charge is 2.13. The SMILES string of the molecule is CCOc1cc(/C=N\NC(=O)C(=O)Nc2ccc(OC)cc2)ccc1OCc1ccc(Cl)cc1. The zero-order valence-electron chi connectivity index (χ0n) is 18.7. The van der Waals surface area contributed by atoms with E-state index in [1.54, 1.807) is 61.7 Å². The lowest BCUT2D eigenvalue weighted by Crippen LogP contribution is -2.32. The predicted molar refractivity (Wildman–Crippen MR) is 131 cm³/mol. The number of rotatable bonds is 9. The summed E-state index contributed by atoms with van der Waals surface area (Å²) in [4.78, 5) is 24.0. The van der Waals surface area contributed by atoms with Gasteiger partial charge in [0, 0.05) is 10.7 Å². The highest BCUT2D eigenvalue weighted by Crippen LogP contribution is 2.29. The van der Waals surface area contributed by atoms with E-state index in [0.717, 1.165) is 5.56 Å². The first-order chi connectivity index (χ1) is 16.5. The highest BCUT2D eigenvalue weighted by atomic mass is 35.5. The van der Waals surface area contributed by atoms with Gasteiger partial charge < -0.3 is 19.5 Å². The topological polar surface area (TPSA) is 98.2 Å². The van der Waals surface area contributed by atoms with Gasteiger partial charge in [0.05, 0.1) is 19.9 Å². The molecule has 0 unspecified atom stereocenters. The van der Waals surface area contributed by atoms with Crippen LogP contribution in [0.15, 0.2) is 71.8 Å². The molecule has 34 heavy (non-hydrogen) atoms. The van der Waals surface area contributed by atoms with Gasteiger partial charge in [0.1, 0.15) is 12.4 Å². The second-order valence-electron chi connectivity index (χ2n) is 6.94. The third-order valence-electron chi connectivity index (χ3n) is 4.51. The van der Waals surface area contributed by atoms with Crippen LogP contribution in [0.2, 0.25) is 5.02 Å². The van der Waals surface area contributed by atoms with E-state index in [0.29, 0.717) is 46.7 Å². The number of nitrogens with one attached hydrogen (secondary N) is 2. The summed E-state index contributed by atoms with van der Waals surface area (Å²) in [5.41, 5.74) is 4.28. The number of amides is 2. The molecule has 0 aliphatic heterocycles. The maximum absolute atomic E-state index is 12.0. The molecule has 0 radical (unpaired) electrons. The zero-order valence-corrected chi connectivity index (χ0v) is 19.5. The van der Waals surface area contributed by atoms with Crippen molar-refractivity contribution in [3.8, 4) is 17.2 Å². The molecule has 0 heterocycles. The number of hydrazone groups is 1. The molecule has 0 aliphatic rings. The molecule has 2 N–H and O–H groups in total. The Labute approximate surface area is 202 Å². The van der Waals surface area contributed by atoms with E-state index in [2.05, 4.69) is 15.8 Å². The minimum atomic E-state index is -0.903. The smallest absolute Gasteiger partial charge is 0.329 e. The van der Waals surface area contributed by atoms with Gasteiger partial charge in [0.25, 0.3) is 0 Å². The van der Waals surface area contributed by atoms with Crippen LogP contribution in [-0.4, -0.2) is 31.7 Å². The fourth-order valence-electron chi connectivity index (χ4n) is 2.81. The number of nitrogens with zero attached hydrogens (tertiary/aromatic N) is 1. The van der Waals surface area contributed by atoms with Crippen LogP contribution in [0.4, 0.5) is 5.69 Å². The number of carbonyl (C=O) groups excluding carboxylic acids is 2. The highest BCUT2D eigenvalue weighted by molar-refractivity contribution is 6.39. The van der Waals surface area contributed by atoms with E-state index in [-0.39, 0.29) is 0 Å². The van der Waals surface area contributed by atoms with Gasteiger partial charge in [-0.1, -0.05) is 23.7 Å². The molecule has 9 heteroatoms. The number of halogens is 1. The molecule has 176 valence electrons. The molecule has 0 bridgehead atoms. The van der Waals surface area contributed by atoms with E-state index >= 15 is 0 Å². The zero-order chi connectivity index (χ0) is 24.3. The molecule has 3 rings (SSSR count). The maximum atomic E-state index is 12.0. The van der Waals surface area contributed by atoms with Gasteiger partial charge >= 0.3 is 11.8 Å². The largest absolute Gasteiger partial charge is 0.497 e. The van der Waals surface area contributed by atoms with Crippen molar-refractivity contribution in [2.75, 3.05) is 19.0 Å². The summed E-state index contributed by atoms with van der Waals surface area (Å²) >= 11 is 5.91. The molecule has 0 fully saturated rings. The third-order valence-corrected chi connectivity index (χ3v) is 4.76. The molecule has 3 aromatic rings. The Balaban J connectivity index is 1.57. The van der Waals surface area contributed by atoms with Crippen LogP contribution in [0.3, 0.4) is 0 Å².